The molecule has 2 aliphatic heterocycles. The van der Waals surface area contributed by atoms with E-state index < -0.39 is 10.0 Å². The SMILES string of the molecule is CS(=O)(=O)N1CCC[C@@H](C(=O)NCCCN2CCc3ccccc32)C1. The lowest BCUT2D eigenvalue weighted by molar-refractivity contribution is -0.126. The van der Waals surface area contributed by atoms with Crippen molar-refractivity contribution in [1.29, 1.82) is 0 Å². The summed E-state index contributed by atoms with van der Waals surface area (Å²) >= 11 is 0. The van der Waals surface area contributed by atoms with E-state index in [1.165, 1.54) is 21.8 Å². The first-order valence-corrected chi connectivity index (χ1v) is 10.9. The van der Waals surface area contributed by atoms with Gasteiger partial charge in [0, 0.05) is 38.4 Å². The molecule has 0 radical (unpaired) electrons. The Hall–Kier alpha value is -1.60. The van der Waals surface area contributed by atoms with Gasteiger partial charge in [0.1, 0.15) is 0 Å². The molecule has 0 aromatic heterocycles. The maximum atomic E-state index is 12.3. The van der Waals surface area contributed by atoms with Crippen molar-refractivity contribution in [2.75, 3.05) is 43.9 Å². The highest BCUT2D eigenvalue weighted by Gasteiger charge is 2.29. The molecule has 25 heavy (non-hydrogen) atoms. The van der Waals surface area contributed by atoms with E-state index in [2.05, 4.69) is 34.5 Å². The van der Waals surface area contributed by atoms with Gasteiger partial charge in [-0.2, -0.15) is 0 Å². The number of anilines is 1. The van der Waals surface area contributed by atoms with Crippen LogP contribution in [-0.4, -0.2) is 57.6 Å². The van der Waals surface area contributed by atoms with Crippen LogP contribution in [-0.2, 0) is 21.2 Å². The Morgan fingerprint density at radius 3 is 2.88 bits per heavy atom. The van der Waals surface area contributed by atoms with Crippen LogP contribution in [0.3, 0.4) is 0 Å². The third-order valence-corrected chi connectivity index (χ3v) is 6.38. The van der Waals surface area contributed by atoms with Crippen LogP contribution < -0.4 is 10.2 Å². The van der Waals surface area contributed by atoms with E-state index in [0.717, 1.165) is 38.8 Å². The van der Waals surface area contributed by atoms with Crippen molar-refractivity contribution in [3.05, 3.63) is 29.8 Å². The molecule has 1 atom stereocenters. The molecule has 1 aromatic carbocycles. The summed E-state index contributed by atoms with van der Waals surface area (Å²) in [5.74, 6) is -0.244. The van der Waals surface area contributed by atoms with Gasteiger partial charge in [-0.1, -0.05) is 18.2 Å². The first-order chi connectivity index (χ1) is 11.9. The molecule has 0 spiro atoms. The van der Waals surface area contributed by atoms with Crippen molar-refractivity contribution >= 4 is 21.6 Å². The van der Waals surface area contributed by atoms with E-state index in [4.69, 9.17) is 0 Å². The van der Waals surface area contributed by atoms with Crippen LogP contribution in [0.5, 0.6) is 0 Å². The average molecular weight is 365 g/mol. The van der Waals surface area contributed by atoms with Crippen LogP contribution in [0.15, 0.2) is 24.3 Å². The largest absolute Gasteiger partial charge is 0.371 e. The standard InChI is InChI=1S/C18H27N3O3S/c1-25(23,24)21-12-4-7-16(14-21)18(22)19-10-5-11-20-13-9-15-6-2-3-8-17(15)20/h2-3,6,8,16H,4-5,7,9-14H2,1H3,(H,19,22)/t16-/m1/s1. The summed E-state index contributed by atoms with van der Waals surface area (Å²) in [4.78, 5) is 14.7. The number of benzene rings is 1. The van der Waals surface area contributed by atoms with Gasteiger partial charge < -0.3 is 10.2 Å². The Morgan fingerprint density at radius 2 is 2.08 bits per heavy atom. The number of nitrogens with one attached hydrogen (secondary N) is 1. The van der Waals surface area contributed by atoms with Crippen LogP contribution in [0.1, 0.15) is 24.8 Å². The first kappa shape index (κ1) is 18.2. The summed E-state index contributed by atoms with van der Waals surface area (Å²) in [5, 5.41) is 2.99. The highest BCUT2D eigenvalue weighted by atomic mass is 32.2. The molecule has 0 aliphatic carbocycles. The van der Waals surface area contributed by atoms with E-state index in [1.807, 2.05) is 0 Å². The second-order valence-electron chi connectivity index (χ2n) is 6.97. The number of carbonyl (C=O) groups excluding carboxylic acids is 1. The summed E-state index contributed by atoms with van der Waals surface area (Å²) in [6, 6.07) is 8.47. The molecule has 1 aromatic rings. The van der Waals surface area contributed by atoms with E-state index in [9.17, 15) is 13.2 Å². The number of para-hydroxylation sites is 1. The zero-order valence-electron chi connectivity index (χ0n) is 14.8. The fourth-order valence-corrected chi connectivity index (χ4v) is 4.63. The number of hydrogen-bond acceptors (Lipinski definition) is 4. The molecule has 2 aliphatic rings. The maximum absolute atomic E-state index is 12.3. The van der Waals surface area contributed by atoms with E-state index in [1.54, 1.807) is 0 Å². The summed E-state index contributed by atoms with van der Waals surface area (Å²) in [6.07, 6.45) is 4.70. The first-order valence-electron chi connectivity index (χ1n) is 9.01. The van der Waals surface area contributed by atoms with Gasteiger partial charge in [0.2, 0.25) is 15.9 Å². The second kappa shape index (κ2) is 7.74. The van der Waals surface area contributed by atoms with Gasteiger partial charge in [0.05, 0.1) is 12.2 Å². The van der Waals surface area contributed by atoms with Crippen molar-refractivity contribution in [3.8, 4) is 0 Å². The van der Waals surface area contributed by atoms with Gasteiger partial charge in [-0.25, -0.2) is 12.7 Å². The Kier molecular flexibility index (Phi) is 5.64. The van der Waals surface area contributed by atoms with Crippen LogP contribution in [0.4, 0.5) is 5.69 Å². The zero-order valence-corrected chi connectivity index (χ0v) is 15.6. The predicted octanol–water partition coefficient (Wildman–Crippen LogP) is 1.23. The fourth-order valence-electron chi connectivity index (χ4n) is 3.72. The molecular weight excluding hydrogens is 338 g/mol. The number of piperidine rings is 1. The summed E-state index contributed by atoms with van der Waals surface area (Å²) in [6.45, 7) is 3.44. The summed E-state index contributed by atoms with van der Waals surface area (Å²) < 4.78 is 24.7. The van der Waals surface area contributed by atoms with Crippen molar-refractivity contribution in [2.45, 2.75) is 25.7 Å². The molecule has 2 heterocycles. The minimum absolute atomic E-state index is 0.0184. The lowest BCUT2D eigenvalue weighted by Gasteiger charge is -2.30. The molecule has 138 valence electrons. The van der Waals surface area contributed by atoms with Gasteiger partial charge in [0.15, 0.2) is 0 Å². The van der Waals surface area contributed by atoms with E-state index in [0.29, 0.717) is 19.6 Å². The minimum atomic E-state index is -3.21. The minimum Gasteiger partial charge on any atom is -0.371 e. The average Bonchev–Trinajstić information content (AvgIpc) is 3.01. The molecule has 1 fully saturated rings. The molecule has 6 nitrogen and oxygen atoms in total. The molecule has 7 heteroatoms. The van der Waals surface area contributed by atoms with Crippen LogP contribution in [0.25, 0.3) is 0 Å². The lowest BCUT2D eigenvalue weighted by atomic mass is 9.99. The van der Waals surface area contributed by atoms with Gasteiger partial charge in [-0.05, 0) is 37.3 Å². The van der Waals surface area contributed by atoms with Gasteiger partial charge >= 0.3 is 0 Å². The normalized spacial score (nSPS) is 21.2. The number of rotatable bonds is 6. The Balaban J connectivity index is 1.41. The Bertz CT molecular complexity index is 720. The monoisotopic (exact) mass is 365 g/mol. The van der Waals surface area contributed by atoms with Crippen LogP contribution in [0, 0.1) is 5.92 Å². The molecule has 0 unspecified atom stereocenters. The Labute approximate surface area is 150 Å². The highest BCUT2D eigenvalue weighted by Crippen LogP contribution is 2.27. The summed E-state index contributed by atoms with van der Waals surface area (Å²) in [5.41, 5.74) is 2.71. The van der Waals surface area contributed by atoms with Crippen LogP contribution in [0.2, 0.25) is 0 Å². The molecule has 0 bridgehead atoms. The zero-order chi connectivity index (χ0) is 17.9. The third-order valence-electron chi connectivity index (χ3n) is 5.11. The number of amides is 1. The van der Waals surface area contributed by atoms with Crippen molar-refractivity contribution in [1.82, 2.24) is 9.62 Å². The van der Waals surface area contributed by atoms with E-state index in [-0.39, 0.29) is 11.8 Å². The predicted molar refractivity (Wildman–Crippen MR) is 99.1 cm³/mol. The quantitative estimate of drug-likeness (QED) is 0.770. The maximum Gasteiger partial charge on any atom is 0.224 e. The number of hydrogen-bond donors (Lipinski definition) is 1. The molecule has 0 saturated carbocycles. The van der Waals surface area contributed by atoms with Crippen molar-refractivity contribution < 1.29 is 13.2 Å². The molecule has 3 rings (SSSR count). The lowest BCUT2D eigenvalue weighted by Crippen LogP contribution is -2.45. The fraction of sp³-hybridized carbons (Fsp3) is 0.611. The molecule has 1 saturated heterocycles. The number of sulfonamides is 1. The smallest absolute Gasteiger partial charge is 0.224 e. The Morgan fingerprint density at radius 1 is 1.28 bits per heavy atom. The van der Waals surface area contributed by atoms with Gasteiger partial charge in [-0.3, -0.25) is 4.79 Å². The van der Waals surface area contributed by atoms with E-state index >= 15 is 0 Å². The third kappa shape index (κ3) is 4.52. The summed E-state index contributed by atoms with van der Waals surface area (Å²) in [7, 11) is -3.21. The van der Waals surface area contributed by atoms with Crippen molar-refractivity contribution in [2.24, 2.45) is 5.92 Å². The number of nitrogens with zero attached hydrogens (tertiary/aromatic N) is 2. The van der Waals surface area contributed by atoms with Gasteiger partial charge in [0.25, 0.3) is 0 Å². The molecule has 1 N–H and O–H groups in total. The van der Waals surface area contributed by atoms with Gasteiger partial charge in [-0.15, -0.1) is 0 Å². The number of carbonyl (C=O) groups is 1. The van der Waals surface area contributed by atoms with Crippen LogP contribution >= 0.6 is 0 Å². The number of fused-ring (bicyclic) bond motifs is 1. The van der Waals surface area contributed by atoms with Crippen molar-refractivity contribution in [3.63, 3.8) is 0 Å². The molecular formula is C18H27N3O3S. The topological polar surface area (TPSA) is 69.7 Å². The molecule has 1 amide bonds. The highest BCUT2D eigenvalue weighted by molar-refractivity contribution is 7.88. The second-order valence-corrected chi connectivity index (χ2v) is 8.95.